The summed E-state index contributed by atoms with van der Waals surface area (Å²) in [6, 6.07) is 7.92. The number of halogens is 1. The lowest BCUT2D eigenvalue weighted by atomic mass is 10.0. The zero-order valence-electron chi connectivity index (χ0n) is 13.7. The molecule has 1 aliphatic rings. The van der Waals surface area contributed by atoms with Gasteiger partial charge in [0.1, 0.15) is 0 Å². The molecule has 3 nitrogen and oxygen atoms in total. The average Bonchev–Trinajstić information content (AvgIpc) is 2.47. The fourth-order valence-electron chi connectivity index (χ4n) is 3.10. The van der Waals surface area contributed by atoms with Crippen LogP contribution < -0.4 is 10.2 Å². The Morgan fingerprint density at radius 2 is 2.00 bits per heavy atom. The summed E-state index contributed by atoms with van der Waals surface area (Å²) in [5.41, 5.74) is 2.68. The second-order valence-corrected chi connectivity index (χ2v) is 7.03. The topological polar surface area (TPSA) is 18.5 Å². The fourth-order valence-corrected chi connectivity index (χ4v) is 3.74. The molecule has 4 heteroatoms. The van der Waals surface area contributed by atoms with Gasteiger partial charge in [0.05, 0.1) is 5.69 Å². The lowest BCUT2D eigenvalue weighted by Crippen LogP contribution is -2.42. The Labute approximate surface area is 137 Å². The molecule has 1 N–H and O–H groups in total. The van der Waals surface area contributed by atoms with Gasteiger partial charge in [-0.15, -0.1) is 0 Å². The van der Waals surface area contributed by atoms with Gasteiger partial charge in [-0.3, -0.25) is 0 Å². The molecule has 1 atom stereocenters. The Morgan fingerprint density at radius 1 is 1.33 bits per heavy atom. The quantitative estimate of drug-likeness (QED) is 0.871. The molecule has 1 saturated heterocycles. The van der Waals surface area contributed by atoms with Crippen LogP contribution in [0.25, 0.3) is 0 Å². The first kappa shape index (κ1) is 16.8. The third-order valence-corrected chi connectivity index (χ3v) is 5.15. The van der Waals surface area contributed by atoms with Crippen LogP contribution in [0.4, 0.5) is 5.69 Å². The molecule has 1 aromatic rings. The van der Waals surface area contributed by atoms with E-state index >= 15 is 0 Å². The number of piperidine rings is 1. The normalized spacial score (nSPS) is 18.3. The molecule has 21 heavy (non-hydrogen) atoms. The zero-order chi connectivity index (χ0) is 15.4. The molecule has 1 aliphatic heterocycles. The van der Waals surface area contributed by atoms with Crippen molar-refractivity contribution in [3.05, 3.63) is 28.2 Å². The van der Waals surface area contributed by atoms with E-state index < -0.39 is 0 Å². The molecule has 0 radical (unpaired) electrons. The van der Waals surface area contributed by atoms with Gasteiger partial charge < -0.3 is 15.1 Å². The average molecular weight is 354 g/mol. The van der Waals surface area contributed by atoms with Crippen molar-refractivity contribution in [2.75, 3.05) is 38.6 Å². The molecule has 118 valence electrons. The molecule has 0 spiro atoms. The van der Waals surface area contributed by atoms with Crippen molar-refractivity contribution in [1.29, 1.82) is 0 Å². The van der Waals surface area contributed by atoms with Crippen LogP contribution in [0.2, 0.25) is 0 Å². The van der Waals surface area contributed by atoms with E-state index in [0.29, 0.717) is 6.04 Å². The number of nitrogens with zero attached hydrogens (tertiary/aromatic N) is 2. The van der Waals surface area contributed by atoms with Gasteiger partial charge in [0.2, 0.25) is 0 Å². The summed E-state index contributed by atoms with van der Waals surface area (Å²) in [5, 5.41) is 3.47. The first-order valence-electron chi connectivity index (χ1n) is 7.97. The van der Waals surface area contributed by atoms with Gasteiger partial charge in [-0.05, 0) is 74.0 Å². The van der Waals surface area contributed by atoms with Gasteiger partial charge >= 0.3 is 0 Å². The maximum absolute atomic E-state index is 3.77. The van der Waals surface area contributed by atoms with Crippen molar-refractivity contribution in [1.82, 2.24) is 10.2 Å². The minimum atomic E-state index is 0.403. The van der Waals surface area contributed by atoms with Gasteiger partial charge in [0.15, 0.2) is 0 Å². The first-order chi connectivity index (χ1) is 10.0. The Morgan fingerprint density at radius 3 is 2.52 bits per heavy atom. The number of hydrogen-bond donors (Lipinski definition) is 1. The van der Waals surface area contributed by atoms with E-state index in [-0.39, 0.29) is 0 Å². The molecule has 0 aliphatic carbocycles. The molecular formula is C17H28BrN3. The Balaban J connectivity index is 2.05. The predicted molar refractivity (Wildman–Crippen MR) is 95.2 cm³/mol. The summed E-state index contributed by atoms with van der Waals surface area (Å²) in [5.74, 6) is 0. The fraction of sp³-hybridized carbons (Fsp3) is 0.647. The molecule has 0 aromatic heterocycles. The highest BCUT2D eigenvalue weighted by molar-refractivity contribution is 9.10. The Kier molecular flexibility index (Phi) is 6.08. The third-order valence-electron chi connectivity index (χ3n) is 4.52. The number of anilines is 1. The van der Waals surface area contributed by atoms with Gasteiger partial charge in [0.25, 0.3) is 0 Å². The van der Waals surface area contributed by atoms with E-state index in [9.17, 15) is 0 Å². The molecule has 0 saturated carbocycles. The van der Waals surface area contributed by atoms with E-state index in [1.54, 1.807) is 0 Å². The van der Waals surface area contributed by atoms with E-state index in [4.69, 9.17) is 0 Å². The van der Waals surface area contributed by atoms with Crippen LogP contribution in [0.15, 0.2) is 22.7 Å². The Bertz CT molecular complexity index is 453. The van der Waals surface area contributed by atoms with E-state index in [1.807, 2.05) is 0 Å². The molecule has 1 unspecified atom stereocenters. The van der Waals surface area contributed by atoms with E-state index in [1.165, 1.54) is 28.6 Å². The first-order valence-corrected chi connectivity index (χ1v) is 8.76. The lowest BCUT2D eigenvalue weighted by Gasteiger charge is -2.37. The summed E-state index contributed by atoms with van der Waals surface area (Å²) in [6.45, 7) is 7.65. The van der Waals surface area contributed by atoms with Gasteiger partial charge in [-0.2, -0.15) is 0 Å². The molecular weight excluding hydrogens is 326 g/mol. The second-order valence-electron chi connectivity index (χ2n) is 6.17. The van der Waals surface area contributed by atoms with Crippen LogP contribution in [-0.4, -0.2) is 44.7 Å². The van der Waals surface area contributed by atoms with Crippen molar-refractivity contribution >= 4 is 21.6 Å². The highest BCUT2D eigenvalue weighted by Crippen LogP contribution is 2.31. The van der Waals surface area contributed by atoms with Crippen LogP contribution >= 0.6 is 15.9 Å². The largest absolute Gasteiger partial charge is 0.371 e. The number of rotatable bonds is 5. The van der Waals surface area contributed by atoms with Crippen LogP contribution in [0.5, 0.6) is 0 Å². The predicted octanol–water partition coefficient (Wildman–Crippen LogP) is 3.65. The van der Waals surface area contributed by atoms with Crippen molar-refractivity contribution in [3.63, 3.8) is 0 Å². The Hall–Kier alpha value is -0.580. The van der Waals surface area contributed by atoms with E-state index in [2.05, 4.69) is 77.2 Å². The zero-order valence-corrected chi connectivity index (χ0v) is 15.3. The van der Waals surface area contributed by atoms with Crippen LogP contribution in [-0.2, 0) is 0 Å². The van der Waals surface area contributed by atoms with Gasteiger partial charge in [-0.25, -0.2) is 0 Å². The highest BCUT2D eigenvalue weighted by atomic mass is 79.9. The smallest absolute Gasteiger partial charge is 0.0510 e. The summed E-state index contributed by atoms with van der Waals surface area (Å²) < 4.78 is 1.22. The molecule has 1 heterocycles. The maximum atomic E-state index is 3.77. The third kappa shape index (κ3) is 4.21. The summed E-state index contributed by atoms with van der Waals surface area (Å²) in [7, 11) is 4.38. The second kappa shape index (κ2) is 7.61. The van der Waals surface area contributed by atoms with Crippen LogP contribution in [0.3, 0.4) is 0 Å². The van der Waals surface area contributed by atoms with Crippen LogP contribution in [0, 0.1) is 0 Å². The SMILES string of the molecule is CCNC(C)c1ccc(N2CCC(N(C)C)CC2)c(Br)c1. The standard InChI is InChI=1S/C17H28BrN3/c1-5-19-13(2)14-6-7-17(16(18)12-14)21-10-8-15(9-11-21)20(3)4/h6-7,12-13,15,19H,5,8-11H2,1-4H3. The lowest BCUT2D eigenvalue weighted by molar-refractivity contribution is 0.249. The summed E-state index contributed by atoms with van der Waals surface area (Å²) >= 11 is 3.77. The van der Waals surface area contributed by atoms with Crippen molar-refractivity contribution in [2.24, 2.45) is 0 Å². The monoisotopic (exact) mass is 353 g/mol. The van der Waals surface area contributed by atoms with Crippen molar-refractivity contribution in [2.45, 2.75) is 38.8 Å². The number of hydrogen-bond acceptors (Lipinski definition) is 3. The van der Waals surface area contributed by atoms with Gasteiger partial charge in [0, 0.05) is 29.6 Å². The summed E-state index contributed by atoms with van der Waals surface area (Å²) in [6.07, 6.45) is 2.49. The number of nitrogens with one attached hydrogen (secondary N) is 1. The van der Waals surface area contributed by atoms with Crippen LogP contribution in [0.1, 0.15) is 38.3 Å². The highest BCUT2D eigenvalue weighted by Gasteiger charge is 2.22. The molecule has 1 aromatic carbocycles. The molecule has 1 fully saturated rings. The van der Waals surface area contributed by atoms with Gasteiger partial charge in [-0.1, -0.05) is 13.0 Å². The van der Waals surface area contributed by atoms with E-state index in [0.717, 1.165) is 25.7 Å². The van der Waals surface area contributed by atoms with Crippen molar-refractivity contribution in [3.8, 4) is 0 Å². The molecule has 0 amide bonds. The minimum Gasteiger partial charge on any atom is -0.371 e. The number of benzene rings is 1. The molecule has 2 rings (SSSR count). The van der Waals surface area contributed by atoms with Crippen molar-refractivity contribution < 1.29 is 0 Å². The maximum Gasteiger partial charge on any atom is 0.0510 e. The molecule has 0 bridgehead atoms. The minimum absolute atomic E-state index is 0.403. The summed E-state index contributed by atoms with van der Waals surface area (Å²) in [4.78, 5) is 4.86.